The summed E-state index contributed by atoms with van der Waals surface area (Å²) in [6.07, 6.45) is 0. The van der Waals surface area contributed by atoms with Crippen LogP contribution in [0.2, 0.25) is 0 Å². The average Bonchev–Trinajstić information content (AvgIpc) is 2.73. The number of carbonyl (C=O) groups excluding carboxylic acids is 4. The Hall–Kier alpha value is -3.40. The van der Waals surface area contributed by atoms with Crippen LogP contribution >= 0.6 is 11.8 Å². The number of ether oxygens (including phenoxy) is 1. The zero-order valence-electron chi connectivity index (χ0n) is 16.1. The summed E-state index contributed by atoms with van der Waals surface area (Å²) in [6, 6.07) is 11.6. The highest BCUT2D eigenvalue weighted by molar-refractivity contribution is 8.00. The molecule has 3 N–H and O–H groups in total. The fourth-order valence-corrected chi connectivity index (χ4v) is 2.85. The molecule has 0 unspecified atom stereocenters. The lowest BCUT2D eigenvalue weighted by Gasteiger charge is -2.08. The molecule has 0 saturated carbocycles. The van der Waals surface area contributed by atoms with E-state index in [1.807, 2.05) is 0 Å². The average molecular weight is 433 g/mol. The standard InChI is InChI=1S/C20H20FN3O5S/c1-29-19(27)10-22-20(28)13-3-2-4-16(9-13)24-18(26)12-30-11-17(25)23-15-7-5-14(21)6-8-15/h2-9H,10-12H2,1H3,(H,22,28)(H,23,25)(H,24,26). The summed E-state index contributed by atoms with van der Waals surface area (Å²) < 4.78 is 17.3. The van der Waals surface area contributed by atoms with Gasteiger partial charge in [0, 0.05) is 16.9 Å². The van der Waals surface area contributed by atoms with Crippen molar-refractivity contribution in [3.63, 3.8) is 0 Å². The van der Waals surface area contributed by atoms with Gasteiger partial charge in [0.05, 0.1) is 18.6 Å². The molecule has 0 spiro atoms. The second-order valence-electron chi connectivity index (χ2n) is 5.94. The Bertz CT molecular complexity index is 921. The van der Waals surface area contributed by atoms with Crippen LogP contribution in [-0.4, -0.2) is 48.9 Å². The Morgan fingerprint density at radius 3 is 2.20 bits per heavy atom. The predicted molar refractivity (Wildman–Crippen MR) is 112 cm³/mol. The van der Waals surface area contributed by atoms with E-state index < -0.39 is 17.7 Å². The quantitative estimate of drug-likeness (QED) is 0.522. The van der Waals surface area contributed by atoms with Crippen molar-refractivity contribution in [2.75, 3.05) is 35.8 Å². The number of nitrogens with one attached hydrogen (secondary N) is 3. The summed E-state index contributed by atoms with van der Waals surface area (Å²) in [5.74, 6) is -2.05. The van der Waals surface area contributed by atoms with Crippen molar-refractivity contribution in [1.29, 1.82) is 0 Å². The predicted octanol–water partition coefficient (Wildman–Crippen LogP) is 2.04. The van der Waals surface area contributed by atoms with E-state index >= 15 is 0 Å². The molecule has 10 heteroatoms. The molecule has 0 atom stereocenters. The number of methoxy groups -OCH3 is 1. The topological polar surface area (TPSA) is 114 Å². The van der Waals surface area contributed by atoms with Crippen molar-refractivity contribution >= 4 is 46.8 Å². The third-order valence-corrected chi connectivity index (χ3v) is 4.56. The maximum absolute atomic E-state index is 12.8. The number of benzene rings is 2. The smallest absolute Gasteiger partial charge is 0.325 e. The first kappa shape index (κ1) is 22.9. The van der Waals surface area contributed by atoms with Gasteiger partial charge in [0.1, 0.15) is 12.4 Å². The van der Waals surface area contributed by atoms with Crippen molar-refractivity contribution in [2.45, 2.75) is 0 Å². The number of thioether (sulfide) groups is 1. The van der Waals surface area contributed by atoms with Crippen LogP contribution < -0.4 is 16.0 Å². The van der Waals surface area contributed by atoms with Crippen LogP contribution in [0.4, 0.5) is 15.8 Å². The number of hydrogen-bond donors (Lipinski definition) is 3. The number of rotatable bonds is 9. The van der Waals surface area contributed by atoms with Crippen molar-refractivity contribution in [1.82, 2.24) is 5.32 Å². The van der Waals surface area contributed by atoms with Gasteiger partial charge in [-0.1, -0.05) is 6.07 Å². The van der Waals surface area contributed by atoms with Gasteiger partial charge in [-0.15, -0.1) is 11.8 Å². The van der Waals surface area contributed by atoms with Gasteiger partial charge in [0.2, 0.25) is 11.8 Å². The van der Waals surface area contributed by atoms with Crippen LogP contribution in [0, 0.1) is 5.82 Å². The van der Waals surface area contributed by atoms with E-state index in [1.165, 1.54) is 43.5 Å². The van der Waals surface area contributed by atoms with E-state index in [0.29, 0.717) is 11.4 Å². The minimum atomic E-state index is -0.576. The maximum atomic E-state index is 12.8. The minimum absolute atomic E-state index is 0.0234. The molecule has 2 aromatic rings. The molecular weight excluding hydrogens is 413 g/mol. The molecule has 0 aliphatic rings. The molecule has 0 radical (unpaired) electrons. The molecule has 30 heavy (non-hydrogen) atoms. The van der Waals surface area contributed by atoms with Crippen molar-refractivity contribution in [3.8, 4) is 0 Å². The number of amides is 3. The van der Waals surface area contributed by atoms with Gasteiger partial charge in [-0.05, 0) is 42.5 Å². The molecule has 2 aromatic carbocycles. The molecule has 0 fully saturated rings. The summed E-state index contributed by atoms with van der Waals surface area (Å²) >= 11 is 1.11. The fourth-order valence-electron chi connectivity index (χ4n) is 2.23. The van der Waals surface area contributed by atoms with E-state index in [0.717, 1.165) is 11.8 Å². The molecule has 2 rings (SSSR count). The van der Waals surface area contributed by atoms with Crippen molar-refractivity contribution in [2.24, 2.45) is 0 Å². The van der Waals surface area contributed by atoms with Gasteiger partial charge in [0.15, 0.2) is 0 Å². The number of anilines is 2. The summed E-state index contributed by atoms with van der Waals surface area (Å²) in [7, 11) is 1.22. The SMILES string of the molecule is COC(=O)CNC(=O)c1cccc(NC(=O)CSCC(=O)Nc2ccc(F)cc2)c1. The molecule has 0 aliphatic heterocycles. The number of hydrogen-bond acceptors (Lipinski definition) is 6. The molecule has 0 saturated heterocycles. The largest absolute Gasteiger partial charge is 0.468 e. The van der Waals surface area contributed by atoms with Crippen molar-refractivity contribution < 1.29 is 28.3 Å². The van der Waals surface area contributed by atoms with E-state index in [1.54, 1.807) is 12.1 Å². The second-order valence-corrected chi connectivity index (χ2v) is 6.92. The lowest BCUT2D eigenvalue weighted by molar-refractivity contribution is -0.139. The first-order valence-electron chi connectivity index (χ1n) is 8.75. The highest BCUT2D eigenvalue weighted by atomic mass is 32.2. The molecule has 8 nitrogen and oxygen atoms in total. The van der Waals surface area contributed by atoms with Crippen LogP contribution in [0.15, 0.2) is 48.5 Å². The Balaban J connectivity index is 1.76. The van der Waals surface area contributed by atoms with Gasteiger partial charge >= 0.3 is 5.97 Å². The summed E-state index contributed by atoms with van der Waals surface area (Å²) in [5, 5.41) is 7.64. The van der Waals surface area contributed by atoms with Gasteiger partial charge in [0.25, 0.3) is 5.91 Å². The van der Waals surface area contributed by atoms with Crippen LogP contribution in [0.25, 0.3) is 0 Å². The third kappa shape index (κ3) is 7.92. The van der Waals surface area contributed by atoms with Gasteiger partial charge in [-0.2, -0.15) is 0 Å². The van der Waals surface area contributed by atoms with Gasteiger partial charge in [-0.3, -0.25) is 19.2 Å². The first-order valence-corrected chi connectivity index (χ1v) is 9.91. The van der Waals surface area contributed by atoms with Crippen LogP contribution in [0.1, 0.15) is 10.4 Å². The summed E-state index contributed by atoms with van der Waals surface area (Å²) in [4.78, 5) is 47.0. The lowest BCUT2D eigenvalue weighted by Crippen LogP contribution is -2.30. The third-order valence-electron chi connectivity index (χ3n) is 3.62. The highest BCUT2D eigenvalue weighted by Gasteiger charge is 2.11. The molecule has 0 heterocycles. The Labute approximate surface area is 176 Å². The van der Waals surface area contributed by atoms with Crippen LogP contribution in [0.3, 0.4) is 0 Å². The zero-order chi connectivity index (χ0) is 21.9. The normalized spacial score (nSPS) is 10.1. The Kier molecular flexibility index (Phi) is 8.82. The Morgan fingerprint density at radius 1 is 0.933 bits per heavy atom. The zero-order valence-corrected chi connectivity index (χ0v) is 16.9. The second kappa shape index (κ2) is 11.6. The lowest BCUT2D eigenvalue weighted by atomic mass is 10.2. The molecular formula is C20H20FN3O5S. The molecule has 3 amide bonds. The van der Waals surface area contributed by atoms with E-state index in [9.17, 15) is 23.6 Å². The first-order chi connectivity index (χ1) is 14.4. The summed E-state index contributed by atoms with van der Waals surface area (Å²) in [6.45, 7) is -0.261. The van der Waals surface area contributed by atoms with E-state index in [4.69, 9.17) is 0 Å². The molecule has 0 aromatic heterocycles. The molecule has 0 aliphatic carbocycles. The number of carbonyl (C=O) groups is 4. The minimum Gasteiger partial charge on any atom is -0.468 e. The summed E-state index contributed by atoms with van der Waals surface area (Å²) in [5.41, 5.74) is 1.14. The molecule has 0 bridgehead atoms. The van der Waals surface area contributed by atoms with Gasteiger partial charge in [-0.25, -0.2) is 4.39 Å². The van der Waals surface area contributed by atoms with Gasteiger partial charge < -0.3 is 20.7 Å². The monoisotopic (exact) mass is 433 g/mol. The van der Waals surface area contributed by atoms with Crippen LogP contribution in [-0.2, 0) is 19.1 Å². The fraction of sp³-hybridized carbons (Fsp3) is 0.200. The van der Waals surface area contributed by atoms with E-state index in [-0.39, 0.29) is 35.4 Å². The van der Waals surface area contributed by atoms with E-state index in [2.05, 4.69) is 20.7 Å². The number of halogens is 1. The maximum Gasteiger partial charge on any atom is 0.325 e. The van der Waals surface area contributed by atoms with Crippen molar-refractivity contribution in [3.05, 3.63) is 59.9 Å². The highest BCUT2D eigenvalue weighted by Crippen LogP contribution is 2.13. The molecule has 158 valence electrons. The Morgan fingerprint density at radius 2 is 1.57 bits per heavy atom. The van der Waals surface area contributed by atoms with Crippen LogP contribution in [0.5, 0.6) is 0 Å². The number of esters is 1.